The Bertz CT molecular complexity index is 846. The van der Waals surface area contributed by atoms with Gasteiger partial charge in [0.15, 0.2) is 5.96 Å². The molecule has 1 heterocycles. The SMILES string of the molecule is CCc1cccc(NC(=O)CNC(=NC)NC(C)Cc2c(C)nn(C)c2C)c1.I. The third-order valence-electron chi connectivity index (χ3n) is 4.81. The summed E-state index contributed by atoms with van der Waals surface area (Å²) in [5.74, 6) is 0.493. The number of aliphatic imine (C=N–C) groups is 1. The molecule has 1 atom stereocenters. The standard InChI is InChI=1S/C21H32N6O.HI/c1-7-17-9-8-10-18(12-17)25-20(28)13-23-21(22-5)24-14(2)11-19-15(3)26-27(6)16(19)4;/h8-10,12,14H,7,11,13H2,1-6H3,(H,25,28)(H2,22,23,24);1H. The first-order valence-electron chi connectivity index (χ1n) is 9.69. The Kier molecular flexibility index (Phi) is 10.1. The topological polar surface area (TPSA) is 83.3 Å². The van der Waals surface area contributed by atoms with Gasteiger partial charge in [0.2, 0.25) is 5.91 Å². The smallest absolute Gasteiger partial charge is 0.243 e. The molecule has 1 unspecified atom stereocenters. The number of benzene rings is 1. The zero-order valence-corrected chi connectivity index (χ0v) is 20.5. The molecule has 0 spiro atoms. The molecular weight excluding hydrogens is 479 g/mol. The molecule has 7 nitrogen and oxygen atoms in total. The van der Waals surface area contributed by atoms with Gasteiger partial charge in [0.1, 0.15) is 0 Å². The largest absolute Gasteiger partial charge is 0.354 e. The highest BCUT2D eigenvalue weighted by Crippen LogP contribution is 2.14. The van der Waals surface area contributed by atoms with Gasteiger partial charge in [-0.25, -0.2) is 0 Å². The first-order valence-corrected chi connectivity index (χ1v) is 9.69. The van der Waals surface area contributed by atoms with Crippen molar-refractivity contribution in [2.75, 3.05) is 18.9 Å². The predicted octanol–water partition coefficient (Wildman–Crippen LogP) is 2.95. The van der Waals surface area contributed by atoms with Gasteiger partial charge in [0, 0.05) is 31.5 Å². The number of anilines is 1. The van der Waals surface area contributed by atoms with E-state index in [1.807, 2.05) is 42.9 Å². The first-order chi connectivity index (χ1) is 13.3. The zero-order chi connectivity index (χ0) is 20.7. The Labute approximate surface area is 190 Å². The van der Waals surface area contributed by atoms with Crippen LogP contribution in [0.1, 0.15) is 36.4 Å². The van der Waals surface area contributed by atoms with E-state index in [2.05, 4.69) is 46.8 Å². The lowest BCUT2D eigenvalue weighted by Crippen LogP contribution is -2.45. The van der Waals surface area contributed by atoms with Crippen molar-refractivity contribution in [2.45, 2.75) is 46.6 Å². The van der Waals surface area contributed by atoms with Crippen LogP contribution in [0.5, 0.6) is 0 Å². The lowest BCUT2D eigenvalue weighted by molar-refractivity contribution is -0.115. The molecule has 2 aromatic rings. The first kappa shape index (κ1) is 24.9. The summed E-state index contributed by atoms with van der Waals surface area (Å²) in [6.45, 7) is 8.43. The van der Waals surface area contributed by atoms with Crippen LogP contribution in [0.15, 0.2) is 29.3 Å². The van der Waals surface area contributed by atoms with Gasteiger partial charge in [-0.3, -0.25) is 14.5 Å². The van der Waals surface area contributed by atoms with E-state index < -0.39 is 0 Å². The molecule has 8 heteroatoms. The van der Waals surface area contributed by atoms with Crippen molar-refractivity contribution in [2.24, 2.45) is 12.0 Å². The molecule has 0 saturated heterocycles. The number of aryl methyl sites for hydroxylation is 3. The van der Waals surface area contributed by atoms with Gasteiger partial charge in [-0.05, 0) is 56.9 Å². The summed E-state index contributed by atoms with van der Waals surface area (Å²) in [5, 5.41) is 13.8. The van der Waals surface area contributed by atoms with E-state index in [0.717, 1.165) is 24.2 Å². The highest BCUT2D eigenvalue weighted by Gasteiger charge is 2.14. The van der Waals surface area contributed by atoms with E-state index in [4.69, 9.17) is 0 Å². The second-order valence-corrected chi connectivity index (χ2v) is 7.05. The summed E-state index contributed by atoms with van der Waals surface area (Å²) in [7, 11) is 3.66. The molecule has 1 aromatic heterocycles. The average molecular weight is 512 g/mol. The maximum absolute atomic E-state index is 12.2. The number of amides is 1. The Morgan fingerprint density at radius 2 is 2.03 bits per heavy atom. The van der Waals surface area contributed by atoms with Crippen LogP contribution < -0.4 is 16.0 Å². The fourth-order valence-electron chi connectivity index (χ4n) is 3.14. The molecule has 3 N–H and O–H groups in total. The normalized spacial score (nSPS) is 12.1. The van der Waals surface area contributed by atoms with Crippen LogP contribution >= 0.6 is 24.0 Å². The van der Waals surface area contributed by atoms with Gasteiger partial charge >= 0.3 is 0 Å². The summed E-state index contributed by atoms with van der Waals surface area (Å²) in [4.78, 5) is 16.5. The van der Waals surface area contributed by atoms with E-state index in [9.17, 15) is 4.79 Å². The number of hydrogen-bond acceptors (Lipinski definition) is 3. The Hall–Kier alpha value is -2.10. The van der Waals surface area contributed by atoms with E-state index in [1.54, 1.807) is 7.05 Å². The molecule has 29 heavy (non-hydrogen) atoms. The molecule has 1 amide bonds. The van der Waals surface area contributed by atoms with Gasteiger partial charge in [-0.2, -0.15) is 5.10 Å². The Balaban J connectivity index is 0.00000420. The lowest BCUT2D eigenvalue weighted by atomic mass is 10.1. The number of guanidine groups is 1. The van der Waals surface area contributed by atoms with E-state index >= 15 is 0 Å². The molecular formula is C21H33IN6O. The molecule has 0 aliphatic heterocycles. The number of rotatable bonds is 7. The molecule has 0 radical (unpaired) electrons. The van der Waals surface area contributed by atoms with Gasteiger partial charge in [-0.15, -0.1) is 24.0 Å². The lowest BCUT2D eigenvalue weighted by Gasteiger charge is -2.18. The number of hydrogen-bond donors (Lipinski definition) is 3. The van der Waals surface area contributed by atoms with Gasteiger partial charge in [0.05, 0.1) is 12.2 Å². The van der Waals surface area contributed by atoms with Crippen LogP contribution in [0.25, 0.3) is 0 Å². The third-order valence-corrected chi connectivity index (χ3v) is 4.81. The molecule has 160 valence electrons. The fourth-order valence-corrected chi connectivity index (χ4v) is 3.14. The van der Waals surface area contributed by atoms with E-state index in [-0.39, 0.29) is 42.5 Å². The van der Waals surface area contributed by atoms with Crippen LogP contribution in [-0.2, 0) is 24.7 Å². The molecule has 2 rings (SSSR count). The highest BCUT2D eigenvalue weighted by molar-refractivity contribution is 14.0. The molecule has 0 aliphatic rings. The zero-order valence-electron chi connectivity index (χ0n) is 18.2. The number of nitrogens with one attached hydrogen (secondary N) is 3. The fraction of sp³-hybridized carbons (Fsp3) is 0.476. The second kappa shape index (κ2) is 11.8. The maximum Gasteiger partial charge on any atom is 0.243 e. The number of nitrogens with zero attached hydrogens (tertiary/aromatic N) is 3. The molecule has 0 bridgehead atoms. The minimum Gasteiger partial charge on any atom is -0.354 e. The summed E-state index contributed by atoms with van der Waals surface area (Å²) in [6.07, 6.45) is 1.77. The Morgan fingerprint density at radius 1 is 1.31 bits per heavy atom. The van der Waals surface area contributed by atoms with Gasteiger partial charge < -0.3 is 16.0 Å². The van der Waals surface area contributed by atoms with Crippen LogP contribution in [0.3, 0.4) is 0 Å². The Morgan fingerprint density at radius 3 is 2.62 bits per heavy atom. The van der Waals surface area contributed by atoms with Crippen molar-refractivity contribution in [3.63, 3.8) is 0 Å². The van der Waals surface area contributed by atoms with Gasteiger partial charge in [0.25, 0.3) is 0 Å². The minimum atomic E-state index is -0.109. The van der Waals surface area contributed by atoms with Crippen LogP contribution in [0.2, 0.25) is 0 Å². The van der Waals surface area contributed by atoms with Crippen molar-refractivity contribution in [1.82, 2.24) is 20.4 Å². The van der Waals surface area contributed by atoms with Crippen molar-refractivity contribution in [3.8, 4) is 0 Å². The average Bonchev–Trinajstić information content (AvgIpc) is 2.91. The highest BCUT2D eigenvalue weighted by atomic mass is 127. The minimum absolute atomic E-state index is 0. The van der Waals surface area contributed by atoms with E-state index in [0.29, 0.717) is 5.96 Å². The van der Waals surface area contributed by atoms with E-state index in [1.165, 1.54) is 16.8 Å². The molecule has 0 fully saturated rings. The maximum atomic E-state index is 12.2. The van der Waals surface area contributed by atoms with Crippen LogP contribution in [0.4, 0.5) is 5.69 Å². The monoisotopic (exact) mass is 512 g/mol. The number of aromatic nitrogens is 2. The van der Waals surface area contributed by atoms with Crippen LogP contribution in [0, 0.1) is 13.8 Å². The molecule has 0 saturated carbocycles. The summed E-state index contributed by atoms with van der Waals surface area (Å²) < 4.78 is 1.91. The molecule has 0 aliphatic carbocycles. The quantitative estimate of drug-likeness (QED) is 0.303. The number of halogens is 1. The van der Waals surface area contributed by atoms with Crippen molar-refractivity contribution >= 4 is 41.5 Å². The summed E-state index contributed by atoms with van der Waals surface area (Å²) in [5.41, 5.74) is 5.46. The molecule has 1 aromatic carbocycles. The summed E-state index contributed by atoms with van der Waals surface area (Å²) in [6, 6.07) is 8.03. The second-order valence-electron chi connectivity index (χ2n) is 7.05. The van der Waals surface area contributed by atoms with Crippen molar-refractivity contribution < 1.29 is 4.79 Å². The predicted molar refractivity (Wildman–Crippen MR) is 130 cm³/mol. The van der Waals surface area contributed by atoms with Gasteiger partial charge in [-0.1, -0.05) is 19.1 Å². The number of carbonyl (C=O) groups is 1. The third kappa shape index (κ3) is 7.34. The summed E-state index contributed by atoms with van der Waals surface area (Å²) >= 11 is 0. The van der Waals surface area contributed by atoms with Crippen molar-refractivity contribution in [3.05, 3.63) is 46.8 Å². The number of carbonyl (C=O) groups excluding carboxylic acids is 1. The van der Waals surface area contributed by atoms with Crippen LogP contribution in [-0.4, -0.2) is 41.3 Å². The van der Waals surface area contributed by atoms with Crippen molar-refractivity contribution in [1.29, 1.82) is 0 Å².